The summed E-state index contributed by atoms with van der Waals surface area (Å²) in [4.78, 5) is 0. The summed E-state index contributed by atoms with van der Waals surface area (Å²) >= 11 is 0. The number of allylic oxidation sites excluding steroid dienone is 3. The molecule has 1 atom stereocenters. The maximum atomic E-state index is 6.19. The summed E-state index contributed by atoms with van der Waals surface area (Å²) in [5, 5.41) is 0. The van der Waals surface area contributed by atoms with Crippen LogP contribution in [-0.2, 0) is 0 Å². The van der Waals surface area contributed by atoms with Gasteiger partial charge in [-0.1, -0.05) is 49.1 Å². The third-order valence-corrected chi connectivity index (χ3v) is 2.78. The van der Waals surface area contributed by atoms with Crippen LogP contribution in [0.5, 0.6) is 0 Å². The van der Waals surface area contributed by atoms with Crippen molar-refractivity contribution in [1.82, 2.24) is 0 Å². The number of benzene rings is 1. The molecule has 0 aliphatic heterocycles. The molecule has 2 rings (SSSR count). The van der Waals surface area contributed by atoms with Crippen LogP contribution in [0.15, 0.2) is 54.6 Å². The van der Waals surface area contributed by atoms with E-state index in [4.69, 9.17) is 5.73 Å². The van der Waals surface area contributed by atoms with Gasteiger partial charge in [-0.05, 0) is 29.2 Å². The normalized spacial score (nSPS) is 19.7. The van der Waals surface area contributed by atoms with Crippen molar-refractivity contribution in [3.05, 3.63) is 65.8 Å². The van der Waals surface area contributed by atoms with Gasteiger partial charge < -0.3 is 5.73 Å². The molecule has 0 spiro atoms. The van der Waals surface area contributed by atoms with Gasteiger partial charge in [-0.25, -0.2) is 0 Å². The fourth-order valence-electron chi connectivity index (χ4n) is 2.10. The molecule has 0 heterocycles. The van der Waals surface area contributed by atoms with Crippen molar-refractivity contribution in [1.29, 1.82) is 0 Å². The van der Waals surface area contributed by atoms with E-state index in [1.165, 1.54) is 11.1 Å². The average molecular weight is 197 g/mol. The molecule has 0 bridgehead atoms. The minimum atomic E-state index is -0.00889. The Balaban J connectivity index is 2.63. The first-order chi connectivity index (χ1) is 7.29. The van der Waals surface area contributed by atoms with E-state index in [0.29, 0.717) is 0 Å². The van der Waals surface area contributed by atoms with Crippen molar-refractivity contribution in [3.8, 4) is 0 Å². The Kier molecular flexibility index (Phi) is 2.57. The molecule has 2 N–H and O–H groups in total. The molecule has 0 amide bonds. The Bertz CT molecular complexity index is 452. The average Bonchev–Trinajstić information content (AvgIpc) is 2.54. The van der Waals surface area contributed by atoms with Crippen LogP contribution in [0.25, 0.3) is 5.57 Å². The van der Waals surface area contributed by atoms with E-state index in [0.717, 1.165) is 11.1 Å². The predicted molar refractivity (Wildman–Crippen MR) is 65.3 cm³/mol. The topological polar surface area (TPSA) is 26.0 Å². The second kappa shape index (κ2) is 3.87. The second-order valence-electron chi connectivity index (χ2n) is 3.64. The predicted octanol–water partition coefficient (Wildman–Crippen LogP) is 3.22. The van der Waals surface area contributed by atoms with E-state index in [1.807, 2.05) is 31.2 Å². The van der Waals surface area contributed by atoms with Gasteiger partial charge in [-0.3, -0.25) is 0 Å². The van der Waals surface area contributed by atoms with Crippen LogP contribution < -0.4 is 5.73 Å². The Hall–Kier alpha value is -1.60. The summed E-state index contributed by atoms with van der Waals surface area (Å²) in [7, 11) is 0. The quantitative estimate of drug-likeness (QED) is 0.774. The fourth-order valence-corrected chi connectivity index (χ4v) is 2.10. The van der Waals surface area contributed by atoms with Gasteiger partial charge >= 0.3 is 0 Å². The molecule has 15 heavy (non-hydrogen) atoms. The van der Waals surface area contributed by atoms with Crippen LogP contribution in [0.4, 0.5) is 0 Å². The van der Waals surface area contributed by atoms with E-state index in [-0.39, 0.29) is 6.04 Å². The van der Waals surface area contributed by atoms with Gasteiger partial charge in [0.25, 0.3) is 0 Å². The van der Waals surface area contributed by atoms with Gasteiger partial charge in [0, 0.05) is 0 Å². The van der Waals surface area contributed by atoms with Crippen LogP contribution in [0.1, 0.15) is 24.1 Å². The monoisotopic (exact) mass is 197 g/mol. The SMILES string of the molecule is C=CC1=C(C=CC)C(N)c2ccccc21. The van der Waals surface area contributed by atoms with Crippen LogP contribution in [-0.4, -0.2) is 0 Å². The maximum absolute atomic E-state index is 6.19. The van der Waals surface area contributed by atoms with Gasteiger partial charge in [-0.15, -0.1) is 0 Å². The molecule has 0 fully saturated rings. The van der Waals surface area contributed by atoms with Gasteiger partial charge in [0.05, 0.1) is 6.04 Å². The first kappa shape index (κ1) is 9.94. The Morgan fingerprint density at radius 3 is 2.73 bits per heavy atom. The molecular formula is C14H15N. The van der Waals surface area contributed by atoms with Crippen molar-refractivity contribution in [2.24, 2.45) is 5.73 Å². The second-order valence-corrected chi connectivity index (χ2v) is 3.64. The van der Waals surface area contributed by atoms with Crippen LogP contribution in [0, 0.1) is 0 Å². The molecule has 1 nitrogen and oxygen atoms in total. The molecule has 1 heteroatoms. The van der Waals surface area contributed by atoms with Crippen LogP contribution in [0.2, 0.25) is 0 Å². The summed E-state index contributed by atoms with van der Waals surface area (Å²) in [6.45, 7) is 5.86. The largest absolute Gasteiger partial charge is 0.320 e. The Morgan fingerprint density at radius 1 is 1.33 bits per heavy atom. The smallest absolute Gasteiger partial charge is 0.0563 e. The first-order valence-corrected chi connectivity index (χ1v) is 5.13. The molecule has 0 saturated heterocycles. The van der Waals surface area contributed by atoms with E-state index in [2.05, 4.69) is 24.8 Å². The maximum Gasteiger partial charge on any atom is 0.0563 e. The molecular weight excluding hydrogens is 182 g/mol. The fraction of sp³-hybridized carbons (Fsp3) is 0.143. The van der Waals surface area contributed by atoms with Gasteiger partial charge in [0.15, 0.2) is 0 Å². The Labute approximate surface area is 90.6 Å². The number of hydrogen-bond acceptors (Lipinski definition) is 1. The van der Waals surface area contributed by atoms with E-state index in [1.54, 1.807) is 0 Å². The van der Waals surface area contributed by atoms with E-state index >= 15 is 0 Å². The molecule has 0 saturated carbocycles. The summed E-state index contributed by atoms with van der Waals surface area (Å²) in [6.07, 6.45) is 5.98. The summed E-state index contributed by atoms with van der Waals surface area (Å²) in [5.41, 5.74) is 10.9. The summed E-state index contributed by atoms with van der Waals surface area (Å²) < 4.78 is 0. The lowest BCUT2D eigenvalue weighted by molar-refractivity contribution is 0.892. The zero-order valence-corrected chi connectivity index (χ0v) is 8.90. The highest BCUT2D eigenvalue weighted by Crippen LogP contribution is 2.39. The minimum absolute atomic E-state index is 0.00889. The van der Waals surface area contributed by atoms with Crippen LogP contribution >= 0.6 is 0 Å². The van der Waals surface area contributed by atoms with Crippen molar-refractivity contribution in [3.63, 3.8) is 0 Å². The van der Waals surface area contributed by atoms with E-state index in [9.17, 15) is 0 Å². The first-order valence-electron chi connectivity index (χ1n) is 5.13. The lowest BCUT2D eigenvalue weighted by Crippen LogP contribution is -2.08. The van der Waals surface area contributed by atoms with Crippen LogP contribution in [0.3, 0.4) is 0 Å². The lowest BCUT2D eigenvalue weighted by Gasteiger charge is -2.06. The molecule has 76 valence electrons. The molecule has 1 aromatic rings. The number of rotatable bonds is 2. The third-order valence-electron chi connectivity index (χ3n) is 2.78. The molecule has 1 aromatic carbocycles. The molecule has 0 radical (unpaired) electrons. The molecule has 1 aliphatic carbocycles. The number of fused-ring (bicyclic) bond motifs is 1. The summed E-state index contributed by atoms with van der Waals surface area (Å²) in [6, 6.07) is 8.24. The van der Waals surface area contributed by atoms with E-state index < -0.39 is 0 Å². The van der Waals surface area contributed by atoms with Crippen molar-refractivity contribution < 1.29 is 0 Å². The highest BCUT2D eigenvalue weighted by molar-refractivity contribution is 5.85. The number of nitrogens with two attached hydrogens (primary N) is 1. The van der Waals surface area contributed by atoms with Gasteiger partial charge in [0.2, 0.25) is 0 Å². The minimum Gasteiger partial charge on any atom is -0.320 e. The standard InChI is InChI=1S/C14H15N/c1-3-7-12-10(4-2)11-8-5-6-9-13(11)14(12)15/h3-9,14H,2,15H2,1H3. The molecule has 1 aliphatic rings. The highest BCUT2D eigenvalue weighted by atomic mass is 14.7. The van der Waals surface area contributed by atoms with Crippen molar-refractivity contribution in [2.45, 2.75) is 13.0 Å². The Morgan fingerprint density at radius 2 is 2.07 bits per heavy atom. The van der Waals surface area contributed by atoms with Crippen molar-refractivity contribution >= 4 is 5.57 Å². The lowest BCUT2D eigenvalue weighted by atomic mass is 10.0. The zero-order valence-electron chi connectivity index (χ0n) is 8.90. The zero-order chi connectivity index (χ0) is 10.8. The third kappa shape index (κ3) is 1.45. The number of hydrogen-bond donors (Lipinski definition) is 1. The van der Waals surface area contributed by atoms with Gasteiger partial charge in [0.1, 0.15) is 0 Å². The van der Waals surface area contributed by atoms with Gasteiger partial charge in [-0.2, -0.15) is 0 Å². The summed E-state index contributed by atoms with van der Waals surface area (Å²) in [5.74, 6) is 0. The van der Waals surface area contributed by atoms with Crippen molar-refractivity contribution in [2.75, 3.05) is 0 Å². The highest BCUT2D eigenvalue weighted by Gasteiger charge is 2.24. The molecule has 1 unspecified atom stereocenters. The molecule has 0 aromatic heterocycles.